The topological polar surface area (TPSA) is 0 Å². The fraction of sp³-hybridized carbons (Fsp3) is 0.481. The summed E-state index contributed by atoms with van der Waals surface area (Å²) in [5.41, 5.74) is 10.6. The summed E-state index contributed by atoms with van der Waals surface area (Å²) in [5, 5.41) is 0. The van der Waals surface area contributed by atoms with E-state index < -0.39 is 0 Å². The van der Waals surface area contributed by atoms with E-state index in [1.54, 1.807) is 0 Å². The van der Waals surface area contributed by atoms with Gasteiger partial charge >= 0.3 is 0 Å². The van der Waals surface area contributed by atoms with Gasteiger partial charge in [0.05, 0.1) is 0 Å². The summed E-state index contributed by atoms with van der Waals surface area (Å²) in [7, 11) is 0. The fourth-order valence-corrected chi connectivity index (χ4v) is 4.06. The summed E-state index contributed by atoms with van der Waals surface area (Å²) >= 11 is 0. The highest BCUT2D eigenvalue weighted by molar-refractivity contribution is 5.80. The number of rotatable bonds is 4. The van der Waals surface area contributed by atoms with Gasteiger partial charge in [-0.2, -0.15) is 0 Å². The summed E-state index contributed by atoms with van der Waals surface area (Å²) in [5.74, 6) is 0.472. The van der Waals surface area contributed by atoms with Gasteiger partial charge in [-0.3, -0.25) is 0 Å². The van der Waals surface area contributed by atoms with Crippen molar-refractivity contribution in [2.75, 3.05) is 0 Å². The molecule has 0 aromatic heterocycles. The Morgan fingerprint density at radius 3 is 1.85 bits per heavy atom. The fourth-order valence-electron chi connectivity index (χ4n) is 4.06. The molecule has 0 fully saturated rings. The van der Waals surface area contributed by atoms with Crippen LogP contribution in [-0.4, -0.2) is 0 Å². The van der Waals surface area contributed by atoms with Crippen LogP contribution in [0.15, 0.2) is 48.0 Å². The molecule has 0 bridgehead atoms. The van der Waals surface area contributed by atoms with Gasteiger partial charge in [-0.05, 0) is 70.9 Å². The minimum atomic E-state index is 0.181. The van der Waals surface area contributed by atoms with E-state index in [0.29, 0.717) is 5.92 Å². The Morgan fingerprint density at radius 2 is 1.37 bits per heavy atom. The molecule has 0 aliphatic heterocycles. The zero-order valence-corrected chi connectivity index (χ0v) is 18.5. The van der Waals surface area contributed by atoms with Crippen LogP contribution in [0.1, 0.15) is 96.4 Å². The molecule has 1 unspecified atom stereocenters. The molecule has 0 amide bonds. The van der Waals surface area contributed by atoms with E-state index in [9.17, 15) is 0 Å². The molecule has 1 aliphatic rings. The molecule has 0 spiro atoms. The van der Waals surface area contributed by atoms with Crippen LogP contribution in [0.3, 0.4) is 0 Å². The maximum Gasteiger partial charge on any atom is 0.0136 e. The van der Waals surface area contributed by atoms with Gasteiger partial charge in [-0.1, -0.05) is 89.6 Å². The molecule has 2 aromatic rings. The molecule has 1 aliphatic carbocycles. The smallest absolute Gasteiger partial charge is 0.0136 e. The van der Waals surface area contributed by atoms with Gasteiger partial charge in [0.2, 0.25) is 0 Å². The van der Waals surface area contributed by atoms with Crippen LogP contribution in [-0.2, 0) is 10.8 Å². The minimum absolute atomic E-state index is 0.181. The molecule has 0 heterocycles. The predicted octanol–water partition coefficient (Wildman–Crippen LogP) is 8.14. The molecular weight excluding hydrogens is 324 g/mol. The number of hydrogen-bond acceptors (Lipinski definition) is 0. The highest BCUT2D eigenvalue weighted by atomic mass is 14.3. The Morgan fingerprint density at radius 1 is 0.852 bits per heavy atom. The summed E-state index contributed by atoms with van der Waals surface area (Å²) in [6.07, 6.45) is 4.66. The molecular formula is C27H36. The van der Waals surface area contributed by atoms with Gasteiger partial charge in [0, 0.05) is 5.92 Å². The van der Waals surface area contributed by atoms with Crippen LogP contribution < -0.4 is 0 Å². The van der Waals surface area contributed by atoms with Gasteiger partial charge in [0.15, 0.2) is 0 Å². The zero-order chi connectivity index (χ0) is 20.0. The summed E-state index contributed by atoms with van der Waals surface area (Å²) < 4.78 is 0. The first kappa shape index (κ1) is 19.9. The molecule has 3 rings (SSSR count). The van der Waals surface area contributed by atoms with E-state index in [4.69, 9.17) is 0 Å². The van der Waals surface area contributed by atoms with Gasteiger partial charge < -0.3 is 0 Å². The SMILES string of the molecule is CCC(C)(C)c1ccc2c(c1)C(CC=C(C)C)c1cc(C(C)(C)C)ccc1-2. The van der Waals surface area contributed by atoms with Crippen LogP contribution in [0.5, 0.6) is 0 Å². The van der Waals surface area contributed by atoms with Gasteiger partial charge in [0.1, 0.15) is 0 Å². The molecule has 0 saturated heterocycles. The van der Waals surface area contributed by atoms with Crippen molar-refractivity contribution in [3.05, 3.63) is 70.3 Å². The summed E-state index contributed by atoms with van der Waals surface area (Å²) in [6.45, 7) is 18.4. The third kappa shape index (κ3) is 3.77. The van der Waals surface area contributed by atoms with Crippen LogP contribution in [0.4, 0.5) is 0 Å². The van der Waals surface area contributed by atoms with Crippen LogP contribution in [0.2, 0.25) is 0 Å². The third-order valence-corrected chi connectivity index (χ3v) is 6.44. The van der Waals surface area contributed by atoms with Crippen LogP contribution in [0, 0.1) is 0 Å². The highest BCUT2D eigenvalue weighted by Crippen LogP contribution is 2.49. The van der Waals surface area contributed by atoms with Crippen LogP contribution in [0.25, 0.3) is 11.1 Å². The summed E-state index contributed by atoms with van der Waals surface area (Å²) in [6, 6.07) is 14.4. The Kier molecular flexibility index (Phi) is 5.14. The lowest BCUT2D eigenvalue weighted by molar-refractivity contribution is 0.505. The molecule has 0 nitrogen and oxygen atoms in total. The Hall–Kier alpha value is -1.82. The molecule has 144 valence electrons. The second kappa shape index (κ2) is 6.97. The number of benzene rings is 2. The second-order valence-corrected chi connectivity index (χ2v) is 10.2. The molecule has 27 heavy (non-hydrogen) atoms. The maximum absolute atomic E-state index is 2.50. The first-order valence-electron chi connectivity index (χ1n) is 10.5. The van der Waals surface area contributed by atoms with E-state index in [0.717, 1.165) is 12.8 Å². The van der Waals surface area contributed by atoms with Crippen molar-refractivity contribution in [3.8, 4) is 11.1 Å². The lowest BCUT2D eigenvalue weighted by Crippen LogP contribution is -2.15. The van der Waals surface area contributed by atoms with Crippen molar-refractivity contribution in [2.24, 2.45) is 0 Å². The quantitative estimate of drug-likeness (QED) is 0.483. The number of allylic oxidation sites excluding steroid dienone is 2. The largest absolute Gasteiger partial charge is 0.0849 e. The normalized spacial score (nSPS) is 16.1. The molecule has 0 radical (unpaired) electrons. The van der Waals surface area contributed by atoms with Gasteiger partial charge in [0.25, 0.3) is 0 Å². The minimum Gasteiger partial charge on any atom is -0.0849 e. The van der Waals surface area contributed by atoms with Crippen molar-refractivity contribution in [2.45, 2.75) is 85.0 Å². The first-order valence-corrected chi connectivity index (χ1v) is 10.5. The van der Waals surface area contributed by atoms with Crippen LogP contribution >= 0.6 is 0 Å². The standard InChI is InChI=1S/C27H36/c1-9-27(7,8)20-12-15-22-21-14-11-19(26(4,5)6)16-24(21)23(25(22)17-20)13-10-18(2)3/h10-12,14-17,23H,9,13H2,1-8H3. The van der Waals surface area contributed by atoms with Crippen molar-refractivity contribution in [1.29, 1.82) is 0 Å². The highest BCUT2D eigenvalue weighted by Gasteiger charge is 2.31. The molecule has 1 atom stereocenters. The Bertz CT molecular complexity index is 867. The average molecular weight is 361 g/mol. The zero-order valence-electron chi connectivity index (χ0n) is 18.5. The number of hydrogen-bond donors (Lipinski definition) is 0. The van der Waals surface area contributed by atoms with Crippen molar-refractivity contribution < 1.29 is 0 Å². The van der Waals surface area contributed by atoms with E-state index in [1.165, 1.54) is 39.0 Å². The molecule has 0 heteroatoms. The lowest BCUT2D eigenvalue weighted by Gasteiger charge is -2.25. The first-order chi connectivity index (χ1) is 12.5. The van der Waals surface area contributed by atoms with E-state index in [2.05, 4.69) is 97.9 Å². The van der Waals surface area contributed by atoms with Crippen molar-refractivity contribution in [3.63, 3.8) is 0 Å². The second-order valence-electron chi connectivity index (χ2n) is 10.2. The average Bonchev–Trinajstić information content (AvgIpc) is 2.91. The van der Waals surface area contributed by atoms with Crippen molar-refractivity contribution >= 4 is 0 Å². The monoisotopic (exact) mass is 360 g/mol. The maximum atomic E-state index is 2.50. The van der Waals surface area contributed by atoms with Gasteiger partial charge in [-0.15, -0.1) is 0 Å². The molecule has 0 saturated carbocycles. The van der Waals surface area contributed by atoms with E-state index >= 15 is 0 Å². The Balaban J connectivity index is 2.17. The Labute approximate surface area is 166 Å². The summed E-state index contributed by atoms with van der Waals surface area (Å²) in [4.78, 5) is 0. The predicted molar refractivity (Wildman–Crippen MR) is 120 cm³/mol. The third-order valence-electron chi connectivity index (χ3n) is 6.44. The van der Waals surface area contributed by atoms with Gasteiger partial charge in [-0.25, -0.2) is 0 Å². The lowest BCUT2D eigenvalue weighted by atomic mass is 9.80. The van der Waals surface area contributed by atoms with E-state index in [1.807, 2.05) is 0 Å². The molecule has 0 N–H and O–H groups in total. The number of fused-ring (bicyclic) bond motifs is 3. The van der Waals surface area contributed by atoms with Crippen molar-refractivity contribution in [1.82, 2.24) is 0 Å². The van der Waals surface area contributed by atoms with E-state index in [-0.39, 0.29) is 10.8 Å². The molecule has 2 aromatic carbocycles.